The smallest absolute Gasteiger partial charge is 0.302 e. The van der Waals surface area contributed by atoms with Crippen LogP contribution in [0.2, 0.25) is 0 Å². The Bertz CT molecular complexity index is 848. The third-order valence-corrected chi connectivity index (χ3v) is 13.4. The fourth-order valence-corrected chi connectivity index (χ4v) is 11.5. The van der Waals surface area contributed by atoms with E-state index in [1.165, 1.54) is 51.4 Å². The van der Waals surface area contributed by atoms with Gasteiger partial charge in [0.05, 0.1) is 6.61 Å². The van der Waals surface area contributed by atoms with Crippen molar-refractivity contribution < 1.29 is 14.3 Å². The molecule has 0 aromatic carbocycles. The summed E-state index contributed by atoms with van der Waals surface area (Å²) in [5, 5.41) is 0. The fourth-order valence-electron chi connectivity index (χ4n) is 11.5. The predicted octanol–water partition coefficient (Wildman–Crippen LogP) is 7.47. The van der Waals surface area contributed by atoms with Gasteiger partial charge in [0.1, 0.15) is 5.78 Å². The van der Waals surface area contributed by atoms with Crippen molar-refractivity contribution in [2.24, 2.45) is 63.1 Å². The molecule has 0 bridgehead atoms. The third kappa shape index (κ3) is 3.19. The molecule has 8 unspecified atom stereocenters. The molecule has 5 saturated carbocycles. The number of esters is 1. The summed E-state index contributed by atoms with van der Waals surface area (Å²) < 4.78 is 5.80. The molecule has 0 amide bonds. The topological polar surface area (TPSA) is 43.4 Å². The SMILES string of the molecule is CC(=O)OC[C@]12CCC(C(C)C)C1C1CCC3C4(C)CCC(=O)[C@@H](C)C4CCC3(C)C1(C)CC2. The van der Waals surface area contributed by atoms with Crippen molar-refractivity contribution in [1.82, 2.24) is 0 Å². The maximum Gasteiger partial charge on any atom is 0.302 e. The number of ketones is 1. The first-order chi connectivity index (χ1) is 15.9. The highest BCUT2D eigenvalue weighted by Gasteiger charge is 2.70. The van der Waals surface area contributed by atoms with Crippen LogP contribution in [0.1, 0.15) is 113 Å². The van der Waals surface area contributed by atoms with Gasteiger partial charge in [0, 0.05) is 24.7 Å². The minimum Gasteiger partial charge on any atom is -0.465 e. The van der Waals surface area contributed by atoms with E-state index in [4.69, 9.17) is 4.74 Å². The standard InChI is InChI=1S/C31H50O3/c1-19(2)22-10-15-31(18-34-21(4)32)17-16-29(6)24(27(22)31)8-9-26-28(5)13-12-25(33)20(3)23(28)11-14-30(26,29)7/h19-20,22-24,26-27H,8-18H2,1-7H3/t20-,22?,23?,24?,26?,27?,28?,29?,30?,31+/m0/s1. The highest BCUT2D eigenvalue weighted by Crippen LogP contribution is 2.76. The van der Waals surface area contributed by atoms with E-state index in [0.717, 1.165) is 30.6 Å². The van der Waals surface area contributed by atoms with Crippen molar-refractivity contribution in [2.45, 2.75) is 113 Å². The molecular formula is C31H50O3. The van der Waals surface area contributed by atoms with Crippen LogP contribution in [-0.4, -0.2) is 18.4 Å². The summed E-state index contributed by atoms with van der Waals surface area (Å²) in [6.07, 6.45) is 12.1. The molecule has 5 fully saturated rings. The van der Waals surface area contributed by atoms with Gasteiger partial charge in [-0.1, -0.05) is 41.5 Å². The van der Waals surface area contributed by atoms with Crippen molar-refractivity contribution in [3.05, 3.63) is 0 Å². The quantitative estimate of drug-likeness (QED) is 0.402. The monoisotopic (exact) mass is 470 g/mol. The van der Waals surface area contributed by atoms with Crippen LogP contribution < -0.4 is 0 Å². The van der Waals surface area contributed by atoms with Gasteiger partial charge in [-0.25, -0.2) is 0 Å². The molecule has 5 aliphatic rings. The first-order valence-electron chi connectivity index (χ1n) is 14.6. The van der Waals surface area contributed by atoms with Crippen molar-refractivity contribution in [3.63, 3.8) is 0 Å². The lowest BCUT2D eigenvalue weighted by atomic mass is 9.33. The Balaban J connectivity index is 1.52. The Morgan fingerprint density at radius 3 is 2.35 bits per heavy atom. The average Bonchev–Trinajstić information content (AvgIpc) is 3.16. The van der Waals surface area contributed by atoms with Gasteiger partial charge in [-0.2, -0.15) is 0 Å². The number of fused-ring (bicyclic) bond motifs is 7. The van der Waals surface area contributed by atoms with Crippen LogP contribution in [0.4, 0.5) is 0 Å². The molecule has 0 aromatic rings. The highest BCUT2D eigenvalue weighted by atomic mass is 16.5. The molecule has 5 aliphatic carbocycles. The Morgan fingerprint density at radius 1 is 0.941 bits per heavy atom. The molecule has 10 atom stereocenters. The van der Waals surface area contributed by atoms with Crippen molar-refractivity contribution >= 4 is 11.8 Å². The largest absolute Gasteiger partial charge is 0.465 e. The number of hydrogen-bond donors (Lipinski definition) is 0. The number of carbonyl (C=O) groups is 2. The Morgan fingerprint density at radius 2 is 1.68 bits per heavy atom. The second-order valence-corrected chi connectivity index (χ2v) is 14.6. The second kappa shape index (κ2) is 8.07. The van der Waals surface area contributed by atoms with E-state index in [1.54, 1.807) is 6.92 Å². The van der Waals surface area contributed by atoms with Crippen LogP contribution in [-0.2, 0) is 14.3 Å². The second-order valence-electron chi connectivity index (χ2n) is 14.6. The number of Topliss-reactive ketones (excluding diaryl/α,β-unsaturated/α-hetero) is 1. The molecular weight excluding hydrogens is 420 g/mol. The molecule has 0 spiro atoms. The van der Waals surface area contributed by atoms with Crippen LogP contribution in [0.5, 0.6) is 0 Å². The van der Waals surface area contributed by atoms with Gasteiger partial charge in [0.25, 0.3) is 0 Å². The van der Waals surface area contributed by atoms with Crippen LogP contribution in [0.3, 0.4) is 0 Å². The predicted molar refractivity (Wildman–Crippen MR) is 136 cm³/mol. The van der Waals surface area contributed by atoms with E-state index in [9.17, 15) is 9.59 Å². The molecule has 0 radical (unpaired) electrons. The average molecular weight is 471 g/mol. The van der Waals surface area contributed by atoms with Crippen LogP contribution in [0.15, 0.2) is 0 Å². The minimum absolute atomic E-state index is 0.114. The number of ether oxygens (including phenoxy) is 1. The van der Waals surface area contributed by atoms with E-state index in [2.05, 4.69) is 41.5 Å². The molecule has 192 valence electrons. The van der Waals surface area contributed by atoms with E-state index < -0.39 is 0 Å². The Kier molecular flexibility index (Phi) is 5.89. The van der Waals surface area contributed by atoms with Crippen molar-refractivity contribution in [3.8, 4) is 0 Å². The summed E-state index contributed by atoms with van der Waals surface area (Å²) in [6.45, 7) is 17.2. The highest BCUT2D eigenvalue weighted by molar-refractivity contribution is 5.82. The molecule has 3 heteroatoms. The van der Waals surface area contributed by atoms with E-state index in [0.29, 0.717) is 46.4 Å². The minimum atomic E-state index is -0.114. The zero-order valence-corrected chi connectivity index (χ0v) is 23.0. The molecule has 0 heterocycles. The van der Waals surface area contributed by atoms with Crippen LogP contribution in [0.25, 0.3) is 0 Å². The lowest BCUT2D eigenvalue weighted by Gasteiger charge is -2.71. The normalized spacial score (nSPS) is 52.4. The lowest BCUT2D eigenvalue weighted by molar-refractivity contribution is -0.233. The molecule has 0 N–H and O–H groups in total. The van der Waals surface area contributed by atoms with E-state index in [1.807, 2.05) is 0 Å². The van der Waals surface area contributed by atoms with Crippen molar-refractivity contribution in [1.29, 1.82) is 0 Å². The molecule has 5 rings (SSSR count). The Hall–Kier alpha value is -0.860. The molecule has 3 nitrogen and oxygen atoms in total. The summed E-state index contributed by atoms with van der Waals surface area (Å²) in [5.41, 5.74) is 1.20. The van der Waals surface area contributed by atoms with Crippen LogP contribution >= 0.6 is 0 Å². The summed E-state index contributed by atoms with van der Waals surface area (Å²) in [5.74, 6) is 4.81. The Labute approximate surface area is 208 Å². The molecule has 34 heavy (non-hydrogen) atoms. The van der Waals surface area contributed by atoms with Crippen LogP contribution in [0, 0.1) is 63.1 Å². The maximum absolute atomic E-state index is 12.7. The zero-order chi connectivity index (χ0) is 24.7. The fraction of sp³-hybridized carbons (Fsp3) is 0.935. The van der Waals surface area contributed by atoms with Gasteiger partial charge in [0.15, 0.2) is 0 Å². The van der Waals surface area contributed by atoms with Gasteiger partial charge in [0.2, 0.25) is 0 Å². The summed E-state index contributed by atoms with van der Waals surface area (Å²) in [6, 6.07) is 0. The molecule has 0 aromatic heterocycles. The third-order valence-electron chi connectivity index (χ3n) is 13.4. The maximum atomic E-state index is 12.7. The number of hydrogen-bond acceptors (Lipinski definition) is 3. The van der Waals surface area contributed by atoms with E-state index in [-0.39, 0.29) is 17.3 Å². The van der Waals surface area contributed by atoms with Gasteiger partial charge in [-0.15, -0.1) is 0 Å². The molecule has 0 aliphatic heterocycles. The number of rotatable bonds is 3. The van der Waals surface area contributed by atoms with Gasteiger partial charge in [-0.3, -0.25) is 9.59 Å². The van der Waals surface area contributed by atoms with Crippen molar-refractivity contribution in [2.75, 3.05) is 6.61 Å². The van der Waals surface area contributed by atoms with Gasteiger partial charge in [-0.05, 0) is 110 Å². The van der Waals surface area contributed by atoms with Gasteiger partial charge >= 0.3 is 5.97 Å². The lowest BCUT2D eigenvalue weighted by Crippen LogP contribution is -2.65. The van der Waals surface area contributed by atoms with Gasteiger partial charge < -0.3 is 4.74 Å². The number of carbonyl (C=O) groups excluding carboxylic acids is 2. The first-order valence-corrected chi connectivity index (χ1v) is 14.6. The first kappa shape index (κ1) is 24.8. The summed E-state index contributed by atoms with van der Waals surface area (Å²) >= 11 is 0. The summed E-state index contributed by atoms with van der Waals surface area (Å²) in [4.78, 5) is 24.5. The summed E-state index contributed by atoms with van der Waals surface area (Å²) in [7, 11) is 0. The van der Waals surface area contributed by atoms with E-state index >= 15 is 0 Å². The molecule has 0 saturated heterocycles. The zero-order valence-electron chi connectivity index (χ0n) is 23.0.